The first kappa shape index (κ1) is 11.3. The Morgan fingerprint density at radius 1 is 1.00 bits per heavy atom. The molecule has 0 radical (unpaired) electrons. The van der Waals surface area contributed by atoms with Crippen molar-refractivity contribution < 1.29 is 4.39 Å². The van der Waals surface area contributed by atoms with E-state index in [1.807, 2.05) is 32.0 Å². The van der Waals surface area contributed by atoms with E-state index in [0.29, 0.717) is 11.1 Å². The monoisotopic (exact) mass is 258 g/mol. The molecule has 0 aliphatic rings. The molecule has 0 bridgehead atoms. The molecule has 3 aromatic rings. The maximum atomic E-state index is 14.1. The number of fused-ring (bicyclic) bond motifs is 1. The van der Waals surface area contributed by atoms with Gasteiger partial charge in [0.2, 0.25) is 0 Å². The third-order valence-electron chi connectivity index (χ3n) is 3.24. The highest BCUT2D eigenvalue weighted by molar-refractivity contribution is 7.00. The van der Waals surface area contributed by atoms with Crippen LogP contribution in [-0.2, 0) is 0 Å². The van der Waals surface area contributed by atoms with Crippen molar-refractivity contribution in [3.05, 3.63) is 47.3 Å². The van der Waals surface area contributed by atoms with Gasteiger partial charge in [-0.25, -0.2) is 4.39 Å². The van der Waals surface area contributed by atoms with Gasteiger partial charge in [0.1, 0.15) is 16.9 Å². The second-order valence-electron chi connectivity index (χ2n) is 4.33. The molecule has 18 heavy (non-hydrogen) atoms. The fourth-order valence-corrected chi connectivity index (χ4v) is 2.56. The van der Waals surface area contributed by atoms with Gasteiger partial charge in [0.25, 0.3) is 0 Å². The lowest BCUT2D eigenvalue weighted by atomic mass is 9.96. The molecule has 1 heterocycles. The zero-order valence-electron chi connectivity index (χ0n) is 10.1. The normalized spacial score (nSPS) is 11.1. The molecular formula is C14H11FN2S. The largest absolute Gasteiger partial charge is 0.206 e. The average molecular weight is 258 g/mol. The molecule has 0 spiro atoms. The van der Waals surface area contributed by atoms with Crippen molar-refractivity contribution in [2.45, 2.75) is 13.8 Å². The number of hydrogen-bond acceptors (Lipinski definition) is 3. The van der Waals surface area contributed by atoms with E-state index < -0.39 is 0 Å². The quantitative estimate of drug-likeness (QED) is 0.656. The number of hydrogen-bond donors (Lipinski definition) is 0. The maximum Gasteiger partial charge on any atom is 0.133 e. The van der Waals surface area contributed by atoms with Gasteiger partial charge in [-0.1, -0.05) is 18.2 Å². The van der Waals surface area contributed by atoms with E-state index in [-0.39, 0.29) is 5.82 Å². The van der Waals surface area contributed by atoms with E-state index in [9.17, 15) is 4.39 Å². The Kier molecular flexibility index (Phi) is 2.59. The van der Waals surface area contributed by atoms with E-state index in [1.165, 1.54) is 6.07 Å². The maximum absolute atomic E-state index is 14.1. The van der Waals surface area contributed by atoms with Gasteiger partial charge in [0.15, 0.2) is 0 Å². The van der Waals surface area contributed by atoms with E-state index in [0.717, 1.165) is 33.9 Å². The number of benzene rings is 2. The van der Waals surface area contributed by atoms with Crippen molar-refractivity contribution in [2.24, 2.45) is 0 Å². The first-order valence-electron chi connectivity index (χ1n) is 5.65. The summed E-state index contributed by atoms with van der Waals surface area (Å²) < 4.78 is 22.3. The van der Waals surface area contributed by atoms with Crippen molar-refractivity contribution in [1.82, 2.24) is 8.75 Å². The zero-order chi connectivity index (χ0) is 12.7. The molecule has 2 aromatic carbocycles. The number of nitrogens with zero attached hydrogens (tertiary/aromatic N) is 2. The molecule has 0 aliphatic heterocycles. The third-order valence-corrected chi connectivity index (χ3v) is 3.79. The van der Waals surface area contributed by atoms with Gasteiger partial charge < -0.3 is 0 Å². The second kappa shape index (κ2) is 4.14. The summed E-state index contributed by atoms with van der Waals surface area (Å²) in [5, 5.41) is 0. The van der Waals surface area contributed by atoms with Crippen LogP contribution in [0.15, 0.2) is 30.3 Å². The lowest BCUT2D eigenvalue weighted by Crippen LogP contribution is -1.90. The van der Waals surface area contributed by atoms with Gasteiger partial charge in [-0.3, -0.25) is 0 Å². The molecule has 3 rings (SSSR count). The van der Waals surface area contributed by atoms with Crippen LogP contribution in [0.2, 0.25) is 0 Å². The number of halogens is 1. The molecule has 4 heteroatoms. The van der Waals surface area contributed by atoms with Crippen molar-refractivity contribution in [3.63, 3.8) is 0 Å². The topological polar surface area (TPSA) is 25.8 Å². The smallest absolute Gasteiger partial charge is 0.133 e. The van der Waals surface area contributed by atoms with E-state index in [1.54, 1.807) is 6.07 Å². The molecule has 1 aromatic heterocycles. The highest BCUT2D eigenvalue weighted by Crippen LogP contribution is 2.30. The van der Waals surface area contributed by atoms with Crippen LogP contribution >= 0.6 is 11.7 Å². The molecule has 0 atom stereocenters. The minimum atomic E-state index is -0.246. The Hall–Kier alpha value is -1.81. The van der Waals surface area contributed by atoms with Gasteiger partial charge in [0.05, 0.1) is 11.7 Å². The fraction of sp³-hybridized carbons (Fsp3) is 0.143. The molecule has 90 valence electrons. The number of aryl methyl sites for hydroxylation is 1. The van der Waals surface area contributed by atoms with Crippen molar-refractivity contribution in [1.29, 1.82) is 0 Å². The lowest BCUT2D eigenvalue weighted by Gasteiger charge is -2.09. The summed E-state index contributed by atoms with van der Waals surface area (Å²) in [5.74, 6) is -0.246. The molecule has 0 N–H and O–H groups in total. The van der Waals surface area contributed by atoms with E-state index in [2.05, 4.69) is 8.75 Å². The van der Waals surface area contributed by atoms with Gasteiger partial charge in [-0.15, -0.1) is 0 Å². The zero-order valence-corrected chi connectivity index (χ0v) is 10.9. The molecule has 0 aliphatic carbocycles. The molecule has 0 saturated carbocycles. The van der Waals surface area contributed by atoms with Gasteiger partial charge >= 0.3 is 0 Å². The predicted molar refractivity (Wildman–Crippen MR) is 72.3 cm³/mol. The van der Waals surface area contributed by atoms with Gasteiger partial charge in [0, 0.05) is 11.6 Å². The average Bonchev–Trinajstić information content (AvgIpc) is 2.79. The van der Waals surface area contributed by atoms with Crippen LogP contribution < -0.4 is 0 Å². The Bertz CT molecular complexity index is 734. The van der Waals surface area contributed by atoms with Crippen molar-refractivity contribution >= 4 is 22.8 Å². The Labute approximate surface area is 108 Å². The molecule has 0 unspecified atom stereocenters. The summed E-state index contributed by atoms with van der Waals surface area (Å²) in [6.45, 7) is 4.03. The predicted octanol–water partition coefficient (Wildman–Crippen LogP) is 4.11. The summed E-state index contributed by atoms with van der Waals surface area (Å²) >= 11 is 1.11. The van der Waals surface area contributed by atoms with Crippen LogP contribution in [0.4, 0.5) is 4.39 Å². The summed E-state index contributed by atoms with van der Waals surface area (Å²) in [4.78, 5) is 0. The highest BCUT2D eigenvalue weighted by atomic mass is 32.1. The minimum absolute atomic E-state index is 0.246. The minimum Gasteiger partial charge on any atom is -0.206 e. The summed E-state index contributed by atoms with van der Waals surface area (Å²) in [5.41, 5.74) is 5.13. The fourth-order valence-electron chi connectivity index (χ4n) is 2.06. The second-order valence-corrected chi connectivity index (χ2v) is 4.86. The summed E-state index contributed by atoms with van der Waals surface area (Å²) in [6, 6.07) is 9.14. The van der Waals surface area contributed by atoms with E-state index in [4.69, 9.17) is 0 Å². The van der Waals surface area contributed by atoms with Gasteiger partial charge in [-0.05, 0) is 36.6 Å². The number of aromatic nitrogens is 2. The number of rotatable bonds is 1. The first-order valence-corrected chi connectivity index (χ1v) is 6.38. The summed E-state index contributed by atoms with van der Waals surface area (Å²) in [6.07, 6.45) is 0. The molecule has 0 fully saturated rings. The van der Waals surface area contributed by atoms with Crippen LogP contribution in [0, 0.1) is 19.7 Å². The van der Waals surface area contributed by atoms with E-state index >= 15 is 0 Å². The highest BCUT2D eigenvalue weighted by Gasteiger charge is 2.12. The SMILES string of the molecule is Cc1cccc(-c2cc3nsnc3cc2F)c1C. The van der Waals surface area contributed by atoms with Crippen LogP contribution in [0.5, 0.6) is 0 Å². The molecule has 0 saturated heterocycles. The molecule has 2 nitrogen and oxygen atoms in total. The van der Waals surface area contributed by atoms with Crippen molar-refractivity contribution in [2.75, 3.05) is 0 Å². The van der Waals surface area contributed by atoms with Crippen molar-refractivity contribution in [3.8, 4) is 11.1 Å². The van der Waals surface area contributed by atoms with Gasteiger partial charge in [-0.2, -0.15) is 8.75 Å². The Morgan fingerprint density at radius 3 is 2.50 bits per heavy atom. The lowest BCUT2D eigenvalue weighted by molar-refractivity contribution is 0.633. The van der Waals surface area contributed by atoms with Crippen LogP contribution in [0.1, 0.15) is 11.1 Å². The molecule has 0 amide bonds. The van der Waals surface area contributed by atoms with Crippen LogP contribution in [0.3, 0.4) is 0 Å². The first-order chi connectivity index (χ1) is 8.66. The van der Waals surface area contributed by atoms with Crippen LogP contribution in [0.25, 0.3) is 22.2 Å². The van der Waals surface area contributed by atoms with Crippen LogP contribution in [-0.4, -0.2) is 8.75 Å². The Balaban J connectivity index is 2.30. The molecular weight excluding hydrogens is 247 g/mol. The standard InChI is InChI=1S/C14H11FN2S/c1-8-4-3-5-10(9(8)2)11-6-13-14(7-12(11)15)17-18-16-13/h3-7H,1-2H3. The Morgan fingerprint density at radius 2 is 1.72 bits per heavy atom. The third kappa shape index (κ3) is 1.69. The summed E-state index contributed by atoms with van der Waals surface area (Å²) in [7, 11) is 0.